The molecule has 0 saturated carbocycles. The van der Waals surface area contributed by atoms with Crippen molar-refractivity contribution >= 4 is 39.9 Å². The summed E-state index contributed by atoms with van der Waals surface area (Å²) in [4.78, 5) is 25.8. The molecular formula is C24H18N2O3S. The Kier molecular flexibility index (Phi) is 6.41. The van der Waals surface area contributed by atoms with Crippen molar-refractivity contribution in [1.29, 1.82) is 10.5 Å². The number of benzene rings is 2. The third kappa shape index (κ3) is 4.15. The van der Waals surface area contributed by atoms with Gasteiger partial charge in [-0.2, -0.15) is 10.5 Å². The Hall–Kier alpha value is -3.74. The predicted octanol–water partition coefficient (Wildman–Crippen LogP) is 4.98. The number of nitriles is 2. The van der Waals surface area contributed by atoms with Gasteiger partial charge in [0.25, 0.3) is 0 Å². The first-order chi connectivity index (χ1) is 14.5. The number of thiophene rings is 1. The Morgan fingerprint density at radius 3 is 2.57 bits per heavy atom. The number of fused-ring (bicyclic) bond motifs is 1. The van der Waals surface area contributed by atoms with Crippen molar-refractivity contribution in [3.8, 4) is 12.1 Å². The van der Waals surface area contributed by atoms with Crippen molar-refractivity contribution in [2.24, 2.45) is 0 Å². The monoisotopic (exact) mass is 414 g/mol. The summed E-state index contributed by atoms with van der Waals surface area (Å²) < 4.78 is 5.03. The SMILES string of the molecule is CCOC(=O)c1sc(CC(=O)C(C#N)=Cc2cccc3ccccc23)c(C#N)c1C. The van der Waals surface area contributed by atoms with Crippen molar-refractivity contribution in [2.45, 2.75) is 20.3 Å². The van der Waals surface area contributed by atoms with Crippen LogP contribution >= 0.6 is 11.3 Å². The first kappa shape index (κ1) is 21.0. The Morgan fingerprint density at radius 1 is 1.13 bits per heavy atom. The molecule has 1 aromatic heterocycles. The van der Waals surface area contributed by atoms with Gasteiger partial charge in [-0.25, -0.2) is 4.79 Å². The number of ether oxygens (including phenoxy) is 1. The van der Waals surface area contributed by atoms with Crippen molar-refractivity contribution < 1.29 is 14.3 Å². The lowest BCUT2D eigenvalue weighted by atomic mass is 9.99. The van der Waals surface area contributed by atoms with Crippen molar-refractivity contribution in [1.82, 2.24) is 0 Å². The Morgan fingerprint density at radius 2 is 1.87 bits per heavy atom. The van der Waals surface area contributed by atoms with Gasteiger partial charge in [-0.1, -0.05) is 42.5 Å². The molecule has 0 unspecified atom stereocenters. The molecule has 0 atom stereocenters. The van der Waals surface area contributed by atoms with Crippen LogP contribution in [0, 0.1) is 29.6 Å². The minimum atomic E-state index is -0.512. The van der Waals surface area contributed by atoms with E-state index in [1.807, 2.05) is 48.5 Å². The molecule has 0 spiro atoms. The summed E-state index contributed by atoms with van der Waals surface area (Å²) in [5, 5.41) is 21.0. The molecule has 0 aliphatic rings. The van der Waals surface area contributed by atoms with Gasteiger partial charge in [0.1, 0.15) is 17.0 Å². The lowest BCUT2D eigenvalue weighted by molar-refractivity contribution is -0.114. The lowest BCUT2D eigenvalue weighted by Gasteiger charge is -2.03. The Balaban J connectivity index is 1.96. The highest BCUT2D eigenvalue weighted by atomic mass is 32.1. The van der Waals surface area contributed by atoms with Crippen molar-refractivity contribution in [2.75, 3.05) is 6.61 Å². The summed E-state index contributed by atoms with van der Waals surface area (Å²) in [6.07, 6.45) is 1.45. The molecule has 5 nitrogen and oxygen atoms in total. The summed E-state index contributed by atoms with van der Waals surface area (Å²) in [5.74, 6) is -0.916. The van der Waals surface area contributed by atoms with Gasteiger partial charge < -0.3 is 4.74 Å². The fourth-order valence-corrected chi connectivity index (χ4v) is 4.33. The molecule has 3 aromatic rings. The van der Waals surface area contributed by atoms with Crippen LogP contribution in [0.15, 0.2) is 48.0 Å². The maximum atomic E-state index is 12.9. The van der Waals surface area contributed by atoms with E-state index >= 15 is 0 Å². The molecule has 0 N–H and O–H groups in total. The molecule has 0 amide bonds. The van der Waals surface area contributed by atoms with Crippen LogP contribution in [0.5, 0.6) is 0 Å². The largest absolute Gasteiger partial charge is 0.462 e. The fraction of sp³-hybridized carbons (Fsp3) is 0.167. The zero-order chi connectivity index (χ0) is 21.7. The van der Waals surface area contributed by atoms with Crippen LogP contribution in [0.4, 0.5) is 0 Å². The molecule has 3 rings (SSSR count). The Bertz CT molecular complexity index is 1250. The number of carbonyl (C=O) groups excluding carboxylic acids is 2. The average molecular weight is 414 g/mol. The number of carbonyl (C=O) groups is 2. The van der Waals surface area contributed by atoms with Gasteiger partial charge >= 0.3 is 5.97 Å². The number of allylic oxidation sites excluding steroid dienone is 1. The smallest absolute Gasteiger partial charge is 0.348 e. The third-order valence-electron chi connectivity index (χ3n) is 4.66. The molecule has 0 aliphatic carbocycles. The topological polar surface area (TPSA) is 90.9 Å². The molecule has 6 heteroatoms. The highest BCUT2D eigenvalue weighted by Gasteiger charge is 2.23. The number of hydrogen-bond acceptors (Lipinski definition) is 6. The molecule has 2 aromatic carbocycles. The number of Topliss-reactive ketones (excluding diaryl/α,β-unsaturated/α-hetero) is 1. The zero-order valence-corrected chi connectivity index (χ0v) is 17.4. The van der Waals surface area contributed by atoms with Crippen LogP contribution in [0.2, 0.25) is 0 Å². The van der Waals surface area contributed by atoms with Crippen LogP contribution in [0.3, 0.4) is 0 Å². The summed E-state index contributed by atoms with van der Waals surface area (Å²) in [6, 6.07) is 17.5. The van der Waals surface area contributed by atoms with Gasteiger partial charge in [-0.15, -0.1) is 11.3 Å². The van der Waals surface area contributed by atoms with Gasteiger partial charge in [0.05, 0.1) is 17.7 Å². The van der Waals surface area contributed by atoms with E-state index in [9.17, 15) is 20.1 Å². The number of hydrogen-bond donors (Lipinski definition) is 0. The summed E-state index contributed by atoms with van der Waals surface area (Å²) in [5.41, 5.74) is 1.56. The van der Waals surface area contributed by atoms with E-state index in [1.54, 1.807) is 19.9 Å². The molecule has 30 heavy (non-hydrogen) atoms. The number of nitrogens with zero attached hydrogens (tertiary/aromatic N) is 2. The molecule has 0 radical (unpaired) electrons. The van der Waals surface area contributed by atoms with E-state index in [4.69, 9.17) is 4.74 Å². The van der Waals surface area contributed by atoms with Gasteiger partial charge in [0, 0.05) is 11.3 Å². The lowest BCUT2D eigenvalue weighted by Crippen LogP contribution is -2.05. The quantitative estimate of drug-likeness (QED) is 0.322. The predicted molar refractivity (Wildman–Crippen MR) is 116 cm³/mol. The second-order valence-corrected chi connectivity index (χ2v) is 7.63. The molecule has 0 bridgehead atoms. The standard InChI is InChI=1S/C24H18N2O3S/c1-3-29-24(28)23-15(2)20(14-26)22(30-23)12-21(27)18(13-25)11-17-9-6-8-16-7-4-5-10-19(16)17/h4-11H,3,12H2,1-2H3. The van der Waals surface area contributed by atoms with Crippen LogP contribution in [-0.2, 0) is 16.0 Å². The van der Waals surface area contributed by atoms with Crippen molar-refractivity contribution in [3.63, 3.8) is 0 Å². The highest BCUT2D eigenvalue weighted by molar-refractivity contribution is 7.14. The fourth-order valence-electron chi connectivity index (χ4n) is 3.18. The molecular weight excluding hydrogens is 396 g/mol. The molecule has 148 valence electrons. The van der Waals surface area contributed by atoms with E-state index in [-0.39, 0.29) is 18.6 Å². The van der Waals surface area contributed by atoms with E-state index in [2.05, 4.69) is 6.07 Å². The first-order valence-electron chi connectivity index (χ1n) is 9.32. The minimum Gasteiger partial charge on any atom is -0.462 e. The minimum absolute atomic E-state index is 0.000944. The molecule has 1 heterocycles. The van der Waals surface area contributed by atoms with Crippen molar-refractivity contribution in [3.05, 3.63) is 74.5 Å². The van der Waals surface area contributed by atoms with E-state index in [0.29, 0.717) is 20.9 Å². The molecule has 0 saturated heterocycles. The number of rotatable bonds is 6. The zero-order valence-electron chi connectivity index (χ0n) is 16.6. The summed E-state index contributed by atoms with van der Waals surface area (Å²) >= 11 is 1.07. The maximum Gasteiger partial charge on any atom is 0.348 e. The normalized spacial score (nSPS) is 11.0. The second-order valence-electron chi connectivity index (χ2n) is 6.52. The van der Waals surface area contributed by atoms with Crippen LogP contribution in [0.25, 0.3) is 16.8 Å². The van der Waals surface area contributed by atoms with Gasteiger partial charge in [-0.3, -0.25) is 4.79 Å². The Labute approximate surface area is 178 Å². The van der Waals surface area contributed by atoms with Crippen LogP contribution in [0.1, 0.15) is 38.2 Å². The van der Waals surface area contributed by atoms with E-state index < -0.39 is 11.8 Å². The average Bonchev–Trinajstić information content (AvgIpc) is 3.07. The summed E-state index contributed by atoms with van der Waals surface area (Å²) in [6.45, 7) is 3.58. The van der Waals surface area contributed by atoms with E-state index in [1.165, 1.54) is 0 Å². The molecule has 0 aliphatic heterocycles. The van der Waals surface area contributed by atoms with Crippen LogP contribution in [-0.4, -0.2) is 18.4 Å². The van der Waals surface area contributed by atoms with Gasteiger partial charge in [0.15, 0.2) is 5.78 Å². The first-order valence-corrected chi connectivity index (χ1v) is 10.1. The van der Waals surface area contributed by atoms with Crippen LogP contribution < -0.4 is 0 Å². The maximum absolute atomic E-state index is 12.9. The summed E-state index contributed by atoms with van der Waals surface area (Å²) in [7, 11) is 0. The highest BCUT2D eigenvalue weighted by Crippen LogP contribution is 2.30. The van der Waals surface area contributed by atoms with E-state index in [0.717, 1.165) is 27.7 Å². The third-order valence-corrected chi connectivity index (χ3v) is 5.93. The number of esters is 1. The molecule has 0 fully saturated rings. The number of ketones is 1. The second kappa shape index (κ2) is 9.17. The van der Waals surface area contributed by atoms with Gasteiger partial charge in [-0.05, 0) is 41.8 Å². The van der Waals surface area contributed by atoms with Gasteiger partial charge in [0.2, 0.25) is 0 Å².